The van der Waals surface area contributed by atoms with Gasteiger partial charge < -0.3 is 5.32 Å². The highest BCUT2D eigenvalue weighted by molar-refractivity contribution is 5.41. The third-order valence-electron chi connectivity index (χ3n) is 4.21. The van der Waals surface area contributed by atoms with E-state index in [9.17, 15) is 4.79 Å². The molecule has 0 aliphatic carbocycles. The number of piperidine rings is 1. The molecule has 114 valence electrons. The van der Waals surface area contributed by atoms with Crippen molar-refractivity contribution >= 4 is 5.65 Å². The Bertz CT molecular complexity index is 686. The number of nitrogens with one attached hydrogen (secondary N) is 2. The number of rotatable bonds is 2. The smallest absolute Gasteiger partial charge is 0.272 e. The molecule has 0 amide bonds. The molecule has 0 radical (unpaired) electrons. The van der Waals surface area contributed by atoms with E-state index in [4.69, 9.17) is 0 Å². The van der Waals surface area contributed by atoms with Crippen molar-refractivity contribution in [2.24, 2.45) is 5.92 Å². The minimum Gasteiger partial charge on any atom is -0.316 e. The molecule has 3 rings (SSSR count). The van der Waals surface area contributed by atoms with Crippen molar-refractivity contribution in [2.75, 3.05) is 13.1 Å². The van der Waals surface area contributed by atoms with Gasteiger partial charge in [0.1, 0.15) is 0 Å². The zero-order chi connectivity index (χ0) is 15.0. The molecule has 0 bridgehead atoms. The molecule has 3 heterocycles. The Balaban J connectivity index is 1.92. The van der Waals surface area contributed by atoms with E-state index >= 15 is 0 Å². The summed E-state index contributed by atoms with van der Waals surface area (Å²) in [5.41, 5.74) is 2.63. The number of hydrogen-bond donors (Lipinski definition) is 2. The molecule has 5 nitrogen and oxygen atoms in total. The molecule has 1 saturated heterocycles. The Morgan fingerprint density at radius 1 is 1.38 bits per heavy atom. The summed E-state index contributed by atoms with van der Waals surface area (Å²) in [4.78, 5) is 16.9. The molecule has 0 aromatic carbocycles. The van der Waals surface area contributed by atoms with Crippen LogP contribution in [0.3, 0.4) is 0 Å². The summed E-state index contributed by atoms with van der Waals surface area (Å²) in [7, 11) is 0. The Morgan fingerprint density at radius 3 is 2.86 bits per heavy atom. The molecule has 1 aliphatic rings. The first-order chi connectivity index (χ1) is 9.93. The van der Waals surface area contributed by atoms with E-state index in [1.54, 1.807) is 10.6 Å². The SMILES string of the molecule is CC(C)(C)c1cc2nc(CC3CCCNC3)cc(=O)n2[nH]1. The molecular weight excluding hydrogens is 264 g/mol. The number of hydrogen-bond acceptors (Lipinski definition) is 3. The van der Waals surface area contributed by atoms with Gasteiger partial charge in [-0.2, -0.15) is 0 Å². The molecule has 1 aliphatic heterocycles. The zero-order valence-electron chi connectivity index (χ0n) is 13.1. The standard InChI is InChI=1S/C16H24N4O/c1-16(2,3)13-9-14-18-12(8-15(21)20(14)19-13)7-11-5-4-6-17-10-11/h8-9,11,17,19H,4-7,10H2,1-3H3. The lowest BCUT2D eigenvalue weighted by Crippen LogP contribution is -2.31. The number of H-pyrrole nitrogens is 1. The molecular formula is C16H24N4O. The third-order valence-corrected chi connectivity index (χ3v) is 4.21. The monoisotopic (exact) mass is 288 g/mol. The van der Waals surface area contributed by atoms with Gasteiger partial charge in [-0.3, -0.25) is 9.89 Å². The van der Waals surface area contributed by atoms with E-state index < -0.39 is 0 Å². The maximum Gasteiger partial charge on any atom is 0.272 e. The quantitative estimate of drug-likeness (QED) is 0.886. The van der Waals surface area contributed by atoms with Gasteiger partial charge in [0.15, 0.2) is 5.65 Å². The molecule has 1 fully saturated rings. The minimum atomic E-state index is -0.0202. The van der Waals surface area contributed by atoms with Gasteiger partial charge in [-0.15, -0.1) is 0 Å². The summed E-state index contributed by atoms with van der Waals surface area (Å²) < 4.78 is 1.54. The van der Waals surface area contributed by atoms with E-state index in [2.05, 4.69) is 36.2 Å². The first-order valence-corrected chi connectivity index (χ1v) is 7.76. The summed E-state index contributed by atoms with van der Waals surface area (Å²) in [5.74, 6) is 0.592. The summed E-state index contributed by atoms with van der Waals surface area (Å²) in [6, 6.07) is 3.66. The van der Waals surface area contributed by atoms with Gasteiger partial charge in [0.25, 0.3) is 5.56 Å². The van der Waals surface area contributed by atoms with E-state index in [0.29, 0.717) is 5.92 Å². The van der Waals surface area contributed by atoms with Crippen LogP contribution in [-0.4, -0.2) is 27.7 Å². The fraction of sp³-hybridized carbons (Fsp3) is 0.625. The predicted octanol–water partition coefficient (Wildman–Crippen LogP) is 1.86. The van der Waals surface area contributed by atoms with Crippen molar-refractivity contribution < 1.29 is 0 Å². The molecule has 2 aromatic heterocycles. The van der Waals surface area contributed by atoms with E-state index in [1.807, 2.05) is 6.07 Å². The van der Waals surface area contributed by atoms with Gasteiger partial charge >= 0.3 is 0 Å². The largest absolute Gasteiger partial charge is 0.316 e. The zero-order valence-corrected chi connectivity index (χ0v) is 13.1. The summed E-state index contributed by atoms with van der Waals surface area (Å²) >= 11 is 0. The Labute approximate surface area is 124 Å². The van der Waals surface area contributed by atoms with Crippen LogP contribution < -0.4 is 10.9 Å². The van der Waals surface area contributed by atoms with E-state index in [0.717, 1.165) is 36.5 Å². The molecule has 0 saturated carbocycles. The van der Waals surface area contributed by atoms with Crippen molar-refractivity contribution in [3.8, 4) is 0 Å². The van der Waals surface area contributed by atoms with Crippen LogP contribution in [-0.2, 0) is 11.8 Å². The van der Waals surface area contributed by atoms with Crippen LogP contribution >= 0.6 is 0 Å². The molecule has 1 atom stereocenters. The van der Waals surface area contributed by atoms with Crippen molar-refractivity contribution in [1.82, 2.24) is 19.9 Å². The maximum atomic E-state index is 12.3. The van der Waals surface area contributed by atoms with Crippen LogP contribution in [0.4, 0.5) is 0 Å². The van der Waals surface area contributed by atoms with Crippen LogP contribution in [0.5, 0.6) is 0 Å². The fourth-order valence-corrected chi connectivity index (χ4v) is 2.92. The lowest BCUT2D eigenvalue weighted by molar-refractivity contribution is 0.373. The van der Waals surface area contributed by atoms with Gasteiger partial charge in [0.2, 0.25) is 0 Å². The first kappa shape index (κ1) is 14.3. The number of aromatic nitrogens is 3. The lowest BCUT2D eigenvalue weighted by atomic mass is 9.92. The average Bonchev–Trinajstić information content (AvgIpc) is 2.84. The van der Waals surface area contributed by atoms with Gasteiger partial charge in [-0.05, 0) is 38.3 Å². The molecule has 5 heteroatoms. The predicted molar refractivity (Wildman–Crippen MR) is 83.8 cm³/mol. The summed E-state index contributed by atoms with van der Waals surface area (Å²) in [6.45, 7) is 8.51. The van der Waals surface area contributed by atoms with Gasteiger partial charge in [-0.25, -0.2) is 9.50 Å². The highest BCUT2D eigenvalue weighted by atomic mass is 16.1. The van der Waals surface area contributed by atoms with Crippen molar-refractivity contribution in [1.29, 1.82) is 0 Å². The van der Waals surface area contributed by atoms with E-state index in [-0.39, 0.29) is 11.0 Å². The van der Waals surface area contributed by atoms with Crippen LogP contribution in [0.1, 0.15) is 45.0 Å². The Morgan fingerprint density at radius 2 is 2.19 bits per heavy atom. The number of nitrogens with zero attached hydrogens (tertiary/aromatic N) is 2. The summed E-state index contributed by atoms with van der Waals surface area (Å²) in [6.07, 6.45) is 3.31. The highest BCUT2D eigenvalue weighted by Gasteiger charge is 2.19. The average molecular weight is 288 g/mol. The molecule has 0 spiro atoms. The molecule has 21 heavy (non-hydrogen) atoms. The molecule has 2 N–H and O–H groups in total. The van der Waals surface area contributed by atoms with Crippen LogP contribution in [0.15, 0.2) is 16.9 Å². The second-order valence-corrected chi connectivity index (χ2v) is 7.12. The second kappa shape index (κ2) is 5.30. The first-order valence-electron chi connectivity index (χ1n) is 7.76. The van der Waals surface area contributed by atoms with Gasteiger partial charge in [0, 0.05) is 28.9 Å². The minimum absolute atomic E-state index is 0.0192. The summed E-state index contributed by atoms with van der Waals surface area (Å²) in [5, 5.41) is 6.58. The fourth-order valence-electron chi connectivity index (χ4n) is 2.92. The van der Waals surface area contributed by atoms with Crippen molar-refractivity contribution in [2.45, 2.75) is 45.4 Å². The normalized spacial score (nSPS) is 20.0. The molecule has 2 aromatic rings. The molecule has 1 unspecified atom stereocenters. The van der Waals surface area contributed by atoms with Crippen molar-refractivity contribution in [3.05, 3.63) is 33.9 Å². The Kier molecular flexibility index (Phi) is 3.61. The van der Waals surface area contributed by atoms with Gasteiger partial charge in [0.05, 0.1) is 0 Å². The second-order valence-electron chi connectivity index (χ2n) is 7.12. The van der Waals surface area contributed by atoms with Crippen LogP contribution in [0, 0.1) is 5.92 Å². The Hall–Kier alpha value is -1.62. The van der Waals surface area contributed by atoms with Crippen LogP contribution in [0.2, 0.25) is 0 Å². The lowest BCUT2D eigenvalue weighted by Gasteiger charge is -2.22. The van der Waals surface area contributed by atoms with Crippen LogP contribution in [0.25, 0.3) is 5.65 Å². The number of aromatic amines is 1. The third kappa shape index (κ3) is 3.02. The van der Waals surface area contributed by atoms with Gasteiger partial charge in [-0.1, -0.05) is 20.8 Å². The topological polar surface area (TPSA) is 62.2 Å². The highest BCUT2D eigenvalue weighted by Crippen LogP contribution is 2.21. The maximum absolute atomic E-state index is 12.3. The van der Waals surface area contributed by atoms with Crippen molar-refractivity contribution in [3.63, 3.8) is 0 Å². The van der Waals surface area contributed by atoms with E-state index in [1.165, 1.54) is 12.8 Å². The number of fused-ring (bicyclic) bond motifs is 1.